The Morgan fingerprint density at radius 3 is 2.41 bits per heavy atom. The summed E-state index contributed by atoms with van der Waals surface area (Å²) in [6, 6.07) is 0. The smallest absolute Gasteiger partial charge is 0.139 e. The summed E-state index contributed by atoms with van der Waals surface area (Å²) < 4.78 is 0. The van der Waals surface area contributed by atoms with Gasteiger partial charge in [-0.25, -0.2) is 5.43 Å². The number of hydrogen-bond acceptors (Lipinski definition) is 4. The van der Waals surface area contributed by atoms with Gasteiger partial charge in [-0.05, 0) is 17.8 Å². The van der Waals surface area contributed by atoms with E-state index in [2.05, 4.69) is 57.7 Å². The van der Waals surface area contributed by atoms with E-state index in [1.165, 1.54) is 0 Å². The summed E-state index contributed by atoms with van der Waals surface area (Å²) in [6.07, 6.45) is 3.69. The molecule has 0 amide bonds. The number of rotatable bonds is 6. The van der Waals surface area contributed by atoms with Crippen molar-refractivity contribution in [2.75, 3.05) is 13.2 Å². The van der Waals surface area contributed by atoms with Crippen molar-refractivity contribution in [2.45, 2.75) is 41.0 Å². The van der Waals surface area contributed by atoms with Crippen molar-refractivity contribution in [3.05, 3.63) is 0 Å². The second kappa shape index (κ2) is 8.35. The van der Waals surface area contributed by atoms with E-state index < -0.39 is 0 Å². The molecule has 4 nitrogen and oxygen atoms in total. The van der Waals surface area contributed by atoms with E-state index in [1.807, 2.05) is 0 Å². The van der Waals surface area contributed by atoms with Gasteiger partial charge in [-0.3, -0.25) is 0 Å². The number of aliphatic hydroxyl groups is 1. The van der Waals surface area contributed by atoms with Crippen molar-refractivity contribution in [3.8, 4) is 12.0 Å². The van der Waals surface area contributed by atoms with Crippen LogP contribution in [-0.4, -0.2) is 18.3 Å². The zero-order chi connectivity index (χ0) is 13.3. The van der Waals surface area contributed by atoms with Gasteiger partial charge in [-0.15, -0.1) is 0 Å². The summed E-state index contributed by atoms with van der Waals surface area (Å²) in [5.41, 5.74) is 5.39. The van der Waals surface area contributed by atoms with Gasteiger partial charge < -0.3 is 9.94 Å². The Kier molecular flexibility index (Phi) is 7.98. The maximum absolute atomic E-state index is 8.52. The molecule has 3 N–H and O–H groups in total. The Bertz CT molecular complexity index is 248. The van der Waals surface area contributed by atoms with Crippen molar-refractivity contribution in [2.24, 2.45) is 17.3 Å². The van der Waals surface area contributed by atoms with Gasteiger partial charge in [0.1, 0.15) is 6.11 Å². The van der Waals surface area contributed by atoms with E-state index >= 15 is 0 Å². The van der Waals surface area contributed by atoms with Crippen LogP contribution in [0.15, 0.2) is 0 Å². The molecule has 4 heteroatoms. The highest BCUT2D eigenvalue weighted by molar-refractivity contribution is 5.00. The fraction of sp³-hybridized carbons (Fsp3) is 0.846. The number of hydrazine groups is 1. The van der Waals surface area contributed by atoms with Crippen LogP contribution in [0, 0.1) is 29.3 Å². The number of hydrogen-bond donors (Lipinski definition) is 3. The van der Waals surface area contributed by atoms with Crippen LogP contribution in [0.25, 0.3) is 0 Å². The molecule has 0 saturated carbocycles. The zero-order valence-electron chi connectivity index (χ0n) is 11.6. The molecule has 0 saturated heterocycles. The van der Waals surface area contributed by atoms with Crippen LogP contribution in [0.5, 0.6) is 0 Å². The Morgan fingerprint density at radius 1 is 1.29 bits per heavy atom. The lowest BCUT2D eigenvalue weighted by molar-refractivity contribution is 0.105. The highest BCUT2D eigenvalue weighted by atomic mass is 16.7. The topological polar surface area (TPSA) is 53.5 Å². The summed E-state index contributed by atoms with van der Waals surface area (Å²) in [4.78, 5) is 4.90. The largest absolute Gasteiger partial charge is 0.395 e. The van der Waals surface area contributed by atoms with Crippen LogP contribution in [0.1, 0.15) is 41.0 Å². The van der Waals surface area contributed by atoms with Crippen molar-refractivity contribution in [1.29, 1.82) is 0 Å². The first kappa shape index (κ1) is 16.2. The highest BCUT2D eigenvalue weighted by Gasteiger charge is 2.19. The fourth-order valence-corrected chi connectivity index (χ4v) is 1.39. The Balaban J connectivity index is 4.04. The average molecular weight is 242 g/mol. The van der Waals surface area contributed by atoms with E-state index in [1.54, 1.807) is 0 Å². The minimum absolute atomic E-state index is 0.0580. The molecule has 0 rings (SSSR count). The second-order valence-electron chi connectivity index (χ2n) is 5.72. The van der Waals surface area contributed by atoms with Gasteiger partial charge in [0.15, 0.2) is 0 Å². The van der Waals surface area contributed by atoms with Crippen LogP contribution in [0.4, 0.5) is 0 Å². The van der Waals surface area contributed by atoms with Crippen molar-refractivity contribution < 1.29 is 9.94 Å². The molecule has 17 heavy (non-hydrogen) atoms. The summed E-state index contributed by atoms with van der Waals surface area (Å²) >= 11 is 0. The number of nitrogens with one attached hydrogen (secondary N) is 2. The van der Waals surface area contributed by atoms with Gasteiger partial charge in [-0.2, -0.15) is 0 Å². The van der Waals surface area contributed by atoms with E-state index in [0.29, 0.717) is 18.4 Å². The predicted molar refractivity (Wildman–Crippen MR) is 69.5 cm³/mol. The van der Waals surface area contributed by atoms with Crippen molar-refractivity contribution in [1.82, 2.24) is 11.0 Å². The summed E-state index contributed by atoms with van der Waals surface area (Å²) in [5.74, 6) is 3.95. The molecule has 1 unspecified atom stereocenters. The van der Waals surface area contributed by atoms with Crippen LogP contribution in [-0.2, 0) is 4.84 Å². The van der Waals surface area contributed by atoms with E-state index in [4.69, 9.17) is 9.94 Å². The van der Waals surface area contributed by atoms with E-state index in [9.17, 15) is 0 Å². The first-order valence-electron chi connectivity index (χ1n) is 6.12. The van der Waals surface area contributed by atoms with E-state index in [-0.39, 0.29) is 12.0 Å². The molecular formula is C13H26N2O2. The van der Waals surface area contributed by atoms with Crippen molar-refractivity contribution >= 4 is 0 Å². The van der Waals surface area contributed by atoms with Crippen LogP contribution in [0.2, 0.25) is 0 Å². The first-order chi connectivity index (χ1) is 7.87. The van der Waals surface area contributed by atoms with Gasteiger partial charge >= 0.3 is 0 Å². The first-order valence-corrected chi connectivity index (χ1v) is 6.12. The Morgan fingerprint density at radius 2 is 1.94 bits per heavy atom. The third-order valence-corrected chi connectivity index (χ3v) is 2.29. The molecule has 0 aromatic rings. The van der Waals surface area contributed by atoms with Gasteiger partial charge in [0.05, 0.1) is 6.61 Å². The summed E-state index contributed by atoms with van der Waals surface area (Å²) in [7, 11) is 0. The normalized spacial score (nSPS) is 13.1. The predicted octanol–water partition coefficient (Wildman–Crippen LogP) is 1.67. The maximum atomic E-state index is 8.52. The summed E-state index contributed by atoms with van der Waals surface area (Å²) in [5, 5.41) is 8.52. The molecule has 0 aliphatic carbocycles. The molecule has 0 aromatic heterocycles. The van der Waals surface area contributed by atoms with Crippen molar-refractivity contribution in [3.63, 3.8) is 0 Å². The Hall–Kier alpha value is -0.760. The molecule has 0 bridgehead atoms. The molecule has 0 radical (unpaired) electrons. The van der Waals surface area contributed by atoms with Crippen LogP contribution >= 0.6 is 0 Å². The molecule has 1 atom stereocenters. The molecule has 0 spiro atoms. The molecule has 0 fully saturated rings. The number of aliphatic hydroxyl groups excluding tert-OH is 1. The van der Waals surface area contributed by atoms with E-state index in [0.717, 1.165) is 6.42 Å². The maximum Gasteiger partial charge on any atom is 0.139 e. The highest BCUT2D eigenvalue weighted by Crippen LogP contribution is 2.28. The lowest BCUT2D eigenvalue weighted by Gasteiger charge is -2.24. The minimum Gasteiger partial charge on any atom is -0.395 e. The molecular weight excluding hydrogens is 216 g/mol. The standard InChI is InChI=1S/C13H26N2O2/c1-11(2)12(10-13(3,4)5)6-9-17-15-14-7-8-16/h11-12,14-16H,7-8,10H2,1-5H3. The molecule has 0 heterocycles. The lowest BCUT2D eigenvalue weighted by atomic mass is 9.80. The molecule has 0 aliphatic rings. The minimum atomic E-state index is 0.0580. The molecule has 100 valence electrons. The fourth-order valence-electron chi connectivity index (χ4n) is 1.39. The van der Waals surface area contributed by atoms with Crippen LogP contribution < -0.4 is 11.0 Å². The monoisotopic (exact) mass is 242 g/mol. The third kappa shape index (κ3) is 10.1. The molecule has 0 aromatic carbocycles. The lowest BCUT2D eigenvalue weighted by Crippen LogP contribution is -2.32. The second-order valence-corrected chi connectivity index (χ2v) is 5.72. The van der Waals surface area contributed by atoms with Crippen LogP contribution in [0.3, 0.4) is 0 Å². The van der Waals surface area contributed by atoms with Gasteiger partial charge in [0.2, 0.25) is 0 Å². The van der Waals surface area contributed by atoms with Gasteiger partial charge in [-0.1, -0.05) is 46.1 Å². The Labute approximate surface area is 105 Å². The summed E-state index contributed by atoms with van der Waals surface area (Å²) in [6.45, 7) is 11.5. The van der Waals surface area contributed by atoms with Gasteiger partial charge in [0.25, 0.3) is 0 Å². The zero-order valence-corrected chi connectivity index (χ0v) is 11.6. The quantitative estimate of drug-likeness (QED) is 0.377. The third-order valence-electron chi connectivity index (χ3n) is 2.29. The SMILES string of the molecule is CC(C)C(C#CONNCCO)CC(C)(C)C. The molecule has 0 aliphatic heterocycles. The van der Waals surface area contributed by atoms with Gasteiger partial charge in [0, 0.05) is 12.5 Å². The average Bonchev–Trinajstić information content (AvgIpc) is 2.19.